The number of hydrogen-bond acceptors (Lipinski definition) is 5. The van der Waals surface area contributed by atoms with Crippen molar-refractivity contribution in [2.24, 2.45) is 0 Å². The number of rotatable bonds is 5. The molecule has 0 fully saturated rings. The number of hydrogen-bond donors (Lipinski definition) is 0. The largest absolute Gasteiger partial charge is 0.456 e. The van der Waals surface area contributed by atoms with Crippen LogP contribution in [0.5, 0.6) is 0 Å². The minimum absolute atomic E-state index is 0.580. The normalized spacial score (nSPS) is 12.0. The third-order valence-electron chi connectivity index (χ3n) is 10.8. The zero-order valence-electron chi connectivity index (χ0n) is 29.3. The molecule has 12 rings (SSSR count). The Hall–Kier alpha value is -7.57. The molecule has 12 aromatic rings. The summed E-state index contributed by atoms with van der Waals surface area (Å²) >= 11 is 0. The Bertz CT molecular complexity index is 3440. The molecule has 258 valence electrons. The van der Waals surface area contributed by atoms with Crippen molar-refractivity contribution in [2.75, 3.05) is 4.90 Å². The Labute approximate surface area is 313 Å². The van der Waals surface area contributed by atoms with Crippen LogP contribution in [0.4, 0.5) is 17.1 Å². The maximum atomic E-state index is 6.45. The van der Waals surface area contributed by atoms with Crippen LogP contribution in [0, 0.1) is 0 Å². The SMILES string of the molecule is c1ccc(-c2nc3c(ccc4oc5ccc(N(c6ccc7c(c6)oc6ccccc67)c6ccc7c8ccccc8n(-c8ccccc8)c7c6)cc5c43)o2)cc1. The molecule has 0 aliphatic heterocycles. The van der Waals surface area contributed by atoms with Gasteiger partial charge in [0.15, 0.2) is 5.58 Å². The molecule has 0 unspecified atom stereocenters. The first-order valence-electron chi connectivity index (χ1n) is 18.4. The molecule has 0 atom stereocenters. The van der Waals surface area contributed by atoms with E-state index in [1.807, 2.05) is 54.6 Å². The van der Waals surface area contributed by atoms with Gasteiger partial charge in [0.25, 0.3) is 0 Å². The maximum absolute atomic E-state index is 6.45. The van der Waals surface area contributed by atoms with Gasteiger partial charge in [-0.25, -0.2) is 4.98 Å². The summed E-state index contributed by atoms with van der Waals surface area (Å²) in [4.78, 5) is 7.32. The minimum atomic E-state index is 0.580. The Morgan fingerprint density at radius 2 is 1.00 bits per heavy atom. The molecule has 0 bridgehead atoms. The molecule has 4 heterocycles. The van der Waals surface area contributed by atoms with Gasteiger partial charge in [0.05, 0.1) is 16.4 Å². The lowest BCUT2D eigenvalue weighted by Gasteiger charge is -2.26. The second-order valence-corrected chi connectivity index (χ2v) is 14.0. The fourth-order valence-electron chi connectivity index (χ4n) is 8.34. The van der Waals surface area contributed by atoms with Crippen molar-refractivity contribution in [2.45, 2.75) is 0 Å². The van der Waals surface area contributed by atoms with Crippen LogP contribution in [-0.4, -0.2) is 9.55 Å². The molecule has 0 amide bonds. The first-order chi connectivity index (χ1) is 27.2. The lowest BCUT2D eigenvalue weighted by atomic mass is 10.1. The van der Waals surface area contributed by atoms with E-state index in [2.05, 4.69) is 131 Å². The van der Waals surface area contributed by atoms with Gasteiger partial charge in [-0.05, 0) is 91.0 Å². The summed E-state index contributed by atoms with van der Waals surface area (Å²) in [5, 5.41) is 6.46. The summed E-state index contributed by atoms with van der Waals surface area (Å²) in [7, 11) is 0. The molecule has 0 aliphatic rings. The van der Waals surface area contributed by atoms with Crippen LogP contribution in [0.1, 0.15) is 0 Å². The number of fused-ring (bicyclic) bond motifs is 11. The molecular formula is C49H29N3O3. The van der Waals surface area contributed by atoms with Crippen LogP contribution in [0.15, 0.2) is 189 Å². The maximum Gasteiger partial charge on any atom is 0.227 e. The summed E-state index contributed by atoms with van der Waals surface area (Å²) in [5.74, 6) is 0.580. The van der Waals surface area contributed by atoms with Crippen LogP contribution < -0.4 is 4.90 Å². The fraction of sp³-hybridized carbons (Fsp3) is 0. The van der Waals surface area contributed by atoms with Crippen LogP contribution in [0.2, 0.25) is 0 Å². The molecule has 4 aromatic heterocycles. The molecule has 0 N–H and O–H groups in total. The third-order valence-corrected chi connectivity index (χ3v) is 10.8. The third kappa shape index (κ3) is 4.52. The van der Waals surface area contributed by atoms with Crippen LogP contribution in [0.25, 0.3) is 93.9 Å². The summed E-state index contributed by atoms with van der Waals surface area (Å²) in [5.41, 5.74) is 12.0. The minimum Gasteiger partial charge on any atom is -0.456 e. The van der Waals surface area contributed by atoms with Gasteiger partial charge in [0.2, 0.25) is 5.89 Å². The molecule has 0 aliphatic carbocycles. The number of benzene rings is 8. The van der Waals surface area contributed by atoms with Crippen LogP contribution in [0.3, 0.4) is 0 Å². The smallest absolute Gasteiger partial charge is 0.227 e. The van der Waals surface area contributed by atoms with E-state index in [4.69, 9.17) is 18.2 Å². The predicted octanol–water partition coefficient (Wildman–Crippen LogP) is 13.9. The Morgan fingerprint density at radius 3 is 1.87 bits per heavy atom. The van der Waals surface area contributed by atoms with Gasteiger partial charge in [-0.3, -0.25) is 0 Å². The van der Waals surface area contributed by atoms with E-state index < -0.39 is 0 Å². The molecule has 0 saturated carbocycles. The van der Waals surface area contributed by atoms with E-state index in [-0.39, 0.29) is 0 Å². The van der Waals surface area contributed by atoms with Crippen molar-refractivity contribution in [3.63, 3.8) is 0 Å². The van der Waals surface area contributed by atoms with Gasteiger partial charge in [-0.2, -0.15) is 0 Å². The first kappa shape index (κ1) is 29.9. The second-order valence-electron chi connectivity index (χ2n) is 14.0. The van der Waals surface area contributed by atoms with E-state index >= 15 is 0 Å². The van der Waals surface area contributed by atoms with Gasteiger partial charge < -0.3 is 22.7 Å². The lowest BCUT2D eigenvalue weighted by Crippen LogP contribution is -2.10. The predicted molar refractivity (Wildman–Crippen MR) is 223 cm³/mol. The van der Waals surface area contributed by atoms with E-state index in [0.717, 1.165) is 88.7 Å². The second kappa shape index (κ2) is 11.5. The number of nitrogens with zero attached hydrogens (tertiary/aromatic N) is 3. The van der Waals surface area contributed by atoms with Gasteiger partial charge >= 0.3 is 0 Å². The molecule has 6 nitrogen and oxygen atoms in total. The average molecular weight is 708 g/mol. The van der Waals surface area contributed by atoms with Crippen LogP contribution >= 0.6 is 0 Å². The molecule has 55 heavy (non-hydrogen) atoms. The molecular weight excluding hydrogens is 679 g/mol. The highest BCUT2D eigenvalue weighted by Gasteiger charge is 2.22. The molecule has 0 spiro atoms. The quantitative estimate of drug-likeness (QED) is 0.178. The van der Waals surface area contributed by atoms with Gasteiger partial charge in [-0.15, -0.1) is 0 Å². The van der Waals surface area contributed by atoms with Crippen molar-refractivity contribution < 1.29 is 13.3 Å². The number of aromatic nitrogens is 2. The summed E-state index contributed by atoms with van der Waals surface area (Å²) in [6.45, 7) is 0. The van der Waals surface area contributed by atoms with Crippen molar-refractivity contribution in [3.8, 4) is 17.1 Å². The molecule has 8 aromatic carbocycles. The van der Waals surface area contributed by atoms with Gasteiger partial charge in [-0.1, -0.05) is 78.9 Å². The fourth-order valence-corrected chi connectivity index (χ4v) is 8.34. The van der Waals surface area contributed by atoms with E-state index in [0.29, 0.717) is 11.5 Å². The highest BCUT2D eigenvalue weighted by molar-refractivity contribution is 6.18. The van der Waals surface area contributed by atoms with Gasteiger partial charge in [0.1, 0.15) is 27.8 Å². The van der Waals surface area contributed by atoms with E-state index in [9.17, 15) is 0 Å². The van der Waals surface area contributed by atoms with Crippen molar-refractivity contribution in [3.05, 3.63) is 176 Å². The van der Waals surface area contributed by atoms with Gasteiger partial charge in [0, 0.05) is 61.3 Å². The zero-order chi connectivity index (χ0) is 36.0. The Balaban J connectivity index is 1.11. The lowest BCUT2D eigenvalue weighted by molar-refractivity contribution is 0.619. The van der Waals surface area contributed by atoms with Crippen molar-refractivity contribution in [1.82, 2.24) is 9.55 Å². The molecule has 0 saturated heterocycles. The van der Waals surface area contributed by atoms with Crippen molar-refractivity contribution in [1.29, 1.82) is 0 Å². The highest BCUT2D eigenvalue weighted by Crippen LogP contribution is 2.44. The summed E-state index contributed by atoms with van der Waals surface area (Å²) in [6.07, 6.45) is 0. The van der Waals surface area contributed by atoms with E-state index in [1.54, 1.807) is 0 Å². The standard InChI is InChI=1S/C49H29N3O3/c1-3-11-30(12-4-1)49-50-48-45(55-49)26-25-44-47(48)39-27-32(21-24-43(39)53-44)51(34-20-23-38-37-16-8-10-18-42(37)54-46(38)29-34)33-19-22-36-35-15-7-9-17-40(35)52(41(36)28-33)31-13-5-2-6-14-31/h1-29H. The Morgan fingerprint density at radius 1 is 0.400 bits per heavy atom. The number of para-hydroxylation sites is 3. The first-order valence-corrected chi connectivity index (χ1v) is 18.4. The monoisotopic (exact) mass is 707 g/mol. The van der Waals surface area contributed by atoms with Crippen LogP contribution in [-0.2, 0) is 0 Å². The number of anilines is 3. The topological polar surface area (TPSA) is 60.5 Å². The highest BCUT2D eigenvalue weighted by atomic mass is 16.4. The van der Waals surface area contributed by atoms with Crippen molar-refractivity contribution >= 4 is 93.8 Å². The van der Waals surface area contributed by atoms with E-state index in [1.165, 1.54) is 10.8 Å². The zero-order valence-corrected chi connectivity index (χ0v) is 29.3. The Kier molecular flexibility index (Phi) is 6.24. The molecule has 6 heteroatoms. The molecule has 0 radical (unpaired) electrons. The summed E-state index contributed by atoms with van der Waals surface area (Å²) in [6, 6.07) is 60.9. The summed E-state index contributed by atoms with van der Waals surface area (Å²) < 4.78 is 21.5. The number of furan rings is 2. The number of oxazole rings is 1. The average Bonchev–Trinajstić information content (AvgIpc) is 4.01.